The molecule has 4 amide bonds. The van der Waals surface area contributed by atoms with Crippen LogP contribution < -0.4 is 5.69 Å². The zero-order valence-electron chi connectivity index (χ0n) is 15.7. The maximum atomic E-state index is 12.7. The zero-order valence-corrected chi connectivity index (χ0v) is 15.7. The molecule has 0 aliphatic carbocycles. The lowest BCUT2D eigenvalue weighted by Crippen LogP contribution is -2.56. The average molecular weight is 386 g/mol. The molecule has 146 valence electrons. The third kappa shape index (κ3) is 2.61. The van der Waals surface area contributed by atoms with Gasteiger partial charge in [0.2, 0.25) is 11.8 Å². The molecule has 2 heterocycles. The molecule has 0 radical (unpaired) electrons. The highest BCUT2D eigenvalue weighted by Gasteiger charge is 2.46. The number of aromatic carboxylic acids is 1. The van der Waals surface area contributed by atoms with Crippen molar-refractivity contribution in [2.75, 3.05) is 14.1 Å². The predicted molar refractivity (Wildman–Crippen MR) is 96.7 cm³/mol. The van der Waals surface area contributed by atoms with Gasteiger partial charge in [0.05, 0.1) is 17.0 Å². The molecule has 0 atom stereocenters. The first kappa shape index (κ1) is 19.1. The van der Waals surface area contributed by atoms with Crippen LogP contribution in [0.1, 0.15) is 22.0 Å². The third-order valence-electron chi connectivity index (χ3n) is 4.92. The first-order chi connectivity index (χ1) is 13.1. The second-order valence-corrected chi connectivity index (χ2v) is 6.53. The van der Waals surface area contributed by atoms with Crippen LogP contribution in [0.5, 0.6) is 0 Å². The molecule has 1 saturated heterocycles. The Balaban J connectivity index is 2.25. The van der Waals surface area contributed by atoms with Gasteiger partial charge in [0.15, 0.2) is 5.92 Å². The summed E-state index contributed by atoms with van der Waals surface area (Å²) in [6.45, 7) is 0. The van der Waals surface area contributed by atoms with Crippen LogP contribution in [-0.2, 0) is 23.7 Å². The molecule has 1 aromatic carbocycles. The Kier molecular flexibility index (Phi) is 4.42. The van der Waals surface area contributed by atoms with E-state index in [0.29, 0.717) is 11.3 Å². The number of benzene rings is 1. The Morgan fingerprint density at radius 3 is 1.82 bits per heavy atom. The second kappa shape index (κ2) is 6.48. The number of carbonyl (C=O) groups excluding carboxylic acids is 3. The molecule has 1 N–H and O–H groups in total. The number of carboxylic acids is 1. The van der Waals surface area contributed by atoms with E-state index in [1.54, 1.807) is 0 Å². The standard InChI is InChI=1S/C18H18N4O6/c1-19-12(9-5-7-10(8-6-9)16(25)26)13(20(2)17(19)27)11-14(23)21(3)18(28)22(4)15(11)24/h5-8,11H,1-4H3,(H,25,26). The number of nitrogens with zero attached hydrogens (tertiary/aromatic N) is 4. The monoisotopic (exact) mass is 386 g/mol. The lowest BCUT2D eigenvalue weighted by atomic mass is 9.95. The van der Waals surface area contributed by atoms with Crippen molar-refractivity contribution >= 4 is 23.8 Å². The highest BCUT2D eigenvalue weighted by atomic mass is 16.4. The summed E-state index contributed by atoms with van der Waals surface area (Å²) in [5, 5.41) is 9.07. The Morgan fingerprint density at radius 1 is 0.857 bits per heavy atom. The summed E-state index contributed by atoms with van der Waals surface area (Å²) in [4.78, 5) is 62.8. The number of amides is 4. The number of aromatic nitrogens is 2. The van der Waals surface area contributed by atoms with Gasteiger partial charge in [-0.15, -0.1) is 0 Å². The van der Waals surface area contributed by atoms with Crippen molar-refractivity contribution in [3.05, 3.63) is 46.0 Å². The minimum atomic E-state index is -1.37. The highest BCUT2D eigenvalue weighted by molar-refractivity contribution is 6.19. The summed E-state index contributed by atoms with van der Waals surface area (Å²) in [7, 11) is 5.46. The third-order valence-corrected chi connectivity index (χ3v) is 4.92. The van der Waals surface area contributed by atoms with Crippen LogP contribution in [0.2, 0.25) is 0 Å². The lowest BCUT2D eigenvalue weighted by Gasteiger charge is -2.33. The molecule has 0 unspecified atom stereocenters. The molecule has 1 aliphatic rings. The fourth-order valence-corrected chi connectivity index (χ4v) is 3.34. The Hall–Kier alpha value is -3.69. The molecule has 28 heavy (non-hydrogen) atoms. The Morgan fingerprint density at radius 2 is 1.36 bits per heavy atom. The van der Waals surface area contributed by atoms with Crippen LogP contribution in [0.3, 0.4) is 0 Å². The molecular formula is C18H18N4O6. The predicted octanol–water partition coefficient (Wildman–Crippen LogP) is 0.223. The molecule has 10 nitrogen and oxygen atoms in total. The number of urea groups is 1. The van der Waals surface area contributed by atoms with Crippen LogP contribution in [-0.4, -0.2) is 62.0 Å². The van der Waals surface area contributed by atoms with Crippen molar-refractivity contribution in [2.24, 2.45) is 14.1 Å². The summed E-state index contributed by atoms with van der Waals surface area (Å²) in [5.41, 5.74) is 0.489. The van der Waals surface area contributed by atoms with Gasteiger partial charge in [-0.2, -0.15) is 0 Å². The number of carbonyl (C=O) groups is 4. The van der Waals surface area contributed by atoms with E-state index >= 15 is 0 Å². The largest absolute Gasteiger partial charge is 0.478 e. The topological polar surface area (TPSA) is 122 Å². The molecule has 10 heteroatoms. The molecule has 1 aromatic heterocycles. The van der Waals surface area contributed by atoms with Crippen molar-refractivity contribution < 1.29 is 24.3 Å². The number of barbiturate groups is 1. The quantitative estimate of drug-likeness (QED) is 0.753. The van der Waals surface area contributed by atoms with Crippen molar-refractivity contribution in [1.29, 1.82) is 0 Å². The van der Waals surface area contributed by atoms with Gasteiger partial charge < -0.3 is 5.11 Å². The van der Waals surface area contributed by atoms with Crippen LogP contribution in [0.4, 0.5) is 4.79 Å². The van der Waals surface area contributed by atoms with Crippen LogP contribution in [0.15, 0.2) is 29.1 Å². The van der Waals surface area contributed by atoms with Crippen molar-refractivity contribution in [2.45, 2.75) is 5.92 Å². The minimum Gasteiger partial charge on any atom is -0.478 e. The normalized spacial score (nSPS) is 15.5. The highest BCUT2D eigenvalue weighted by Crippen LogP contribution is 2.33. The van der Waals surface area contributed by atoms with Gasteiger partial charge in [-0.1, -0.05) is 12.1 Å². The van der Waals surface area contributed by atoms with Gasteiger partial charge in [0.25, 0.3) is 0 Å². The van der Waals surface area contributed by atoms with E-state index in [1.165, 1.54) is 61.6 Å². The van der Waals surface area contributed by atoms with Crippen molar-refractivity contribution in [3.8, 4) is 11.3 Å². The fraction of sp³-hybridized carbons (Fsp3) is 0.278. The van der Waals surface area contributed by atoms with Gasteiger partial charge >= 0.3 is 17.7 Å². The van der Waals surface area contributed by atoms with E-state index in [9.17, 15) is 24.0 Å². The Labute approximate surface area is 159 Å². The Bertz CT molecular complexity index is 1050. The maximum Gasteiger partial charge on any atom is 0.335 e. The van der Waals surface area contributed by atoms with E-state index in [2.05, 4.69) is 0 Å². The molecule has 1 fully saturated rings. The summed E-state index contributed by atoms with van der Waals surface area (Å²) < 4.78 is 2.47. The van der Waals surface area contributed by atoms with Crippen LogP contribution in [0.25, 0.3) is 11.3 Å². The summed E-state index contributed by atoms with van der Waals surface area (Å²) in [5.74, 6) is -3.95. The summed E-state index contributed by atoms with van der Waals surface area (Å²) in [6.07, 6.45) is 0. The molecule has 3 rings (SSSR count). The van der Waals surface area contributed by atoms with E-state index < -0.39 is 35.4 Å². The van der Waals surface area contributed by atoms with Crippen LogP contribution >= 0.6 is 0 Å². The van der Waals surface area contributed by atoms with E-state index in [4.69, 9.17) is 5.11 Å². The van der Waals surface area contributed by atoms with E-state index in [-0.39, 0.29) is 11.3 Å². The SMILES string of the molecule is CN1C(=O)C(c2c(-c3ccc(C(=O)O)cc3)n(C)c(=O)n2C)C(=O)N(C)C1=O. The lowest BCUT2D eigenvalue weighted by molar-refractivity contribution is -0.143. The first-order valence-electron chi connectivity index (χ1n) is 8.26. The molecule has 0 bridgehead atoms. The summed E-state index contributed by atoms with van der Waals surface area (Å²) in [6, 6.07) is 4.98. The van der Waals surface area contributed by atoms with Crippen molar-refractivity contribution in [3.63, 3.8) is 0 Å². The summed E-state index contributed by atoms with van der Waals surface area (Å²) >= 11 is 0. The number of carboxylic acid groups (broad SMARTS) is 1. The number of imide groups is 2. The maximum absolute atomic E-state index is 12.7. The van der Waals surface area contributed by atoms with Crippen LogP contribution in [0, 0.1) is 0 Å². The van der Waals surface area contributed by atoms with Gasteiger partial charge in [-0.3, -0.25) is 28.5 Å². The number of hydrogen-bond acceptors (Lipinski definition) is 5. The van der Waals surface area contributed by atoms with E-state index in [0.717, 1.165) is 9.80 Å². The molecule has 0 spiro atoms. The van der Waals surface area contributed by atoms with Crippen molar-refractivity contribution in [1.82, 2.24) is 18.9 Å². The van der Waals surface area contributed by atoms with Gasteiger partial charge in [0.1, 0.15) is 0 Å². The minimum absolute atomic E-state index is 0.0566. The molecule has 1 aliphatic heterocycles. The fourth-order valence-electron chi connectivity index (χ4n) is 3.34. The zero-order chi connectivity index (χ0) is 20.9. The first-order valence-corrected chi connectivity index (χ1v) is 8.26. The molecular weight excluding hydrogens is 368 g/mol. The smallest absolute Gasteiger partial charge is 0.335 e. The molecule has 0 saturated carbocycles. The number of imidazole rings is 1. The van der Waals surface area contributed by atoms with E-state index in [1.807, 2.05) is 0 Å². The number of hydrogen-bond donors (Lipinski definition) is 1. The van der Waals surface area contributed by atoms with Gasteiger partial charge in [-0.25, -0.2) is 14.4 Å². The number of rotatable bonds is 3. The second-order valence-electron chi connectivity index (χ2n) is 6.53. The molecule has 2 aromatic rings. The average Bonchev–Trinajstić information content (AvgIpc) is 2.89. The number of likely N-dealkylation sites (N-methyl/N-ethyl adjacent to an activating group) is 2. The van der Waals surface area contributed by atoms with Gasteiger partial charge in [-0.05, 0) is 12.1 Å². The van der Waals surface area contributed by atoms with Gasteiger partial charge in [0, 0.05) is 33.8 Å².